The Morgan fingerprint density at radius 3 is 2.58 bits per heavy atom. The molecule has 1 fully saturated rings. The van der Waals surface area contributed by atoms with Crippen LogP contribution < -0.4 is 4.74 Å². The van der Waals surface area contributed by atoms with E-state index < -0.39 is 0 Å². The first kappa shape index (κ1) is 44.4. The summed E-state index contributed by atoms with van der Waals surface area (Å²) in [5.41, 5.74) is 14.7. The number of rotatable bonds is 18. The molecule has 62 heavy (non-hydrogen) atoms. The van der Waals surface area contributed by atoms with Gasteiger partial charge in [0.25, 0.3) is 0 Å². The van der Waals surface area contributed by atoms with Crippen LogP contribution in [0.15, 0.2) is 133 Å². The van der Waals surface area contributed by atoms with Crippen LogP contribution in [0.5, 0.6) is 5.75 Å². The zero-order valence-electron chi connectivity index (χ0n) is 36.9. The lowest BCUT2D eigenvalue weighted by Gasteiger charge is -2.33. The highest BCUT2D eigenvalue weighted by molar-refractivity contribution is 6.07. The average molecular weight is 828 g/mol. The van der Waals surface area contributed by atoms with E-state index in [0.29, 0.717) is 43.3 Å². The van der Waals surface area contributed by atoms with Gasteiger partial charge in [0, 0.05) is 59.7 Å². The molecule has 320 valence electrons. The van der Waals surface area contributed by atoms with Crippen molar-refractivity contribution in [1.82, 2.24) is 14.9 Å². The molecule has 0 saturated carbocycles. The number of Topliss-reactive ketones (excluding diaryl/α,β-unsaturated/α-hetero) is 2. The molecule has 0 amide bonds. The third kappa shape index (κ3) is 10.7. The normalized spacial score (nSPS) is 19.0. The molecule has 2 aliphatic carbocycles. The number of likely N-dealkylation sites (tertiary alicyclic amines) is 1. The number of carbonyl (C=O) groups excluding carboxylic acids is 2. The molecule has 0 N–H and O–H groups in total. The lowest BCUT2D eigenvalue weighted by atomic mass is 9.70. The Kier molecular flexibility index (Phi) is 15.0. The Hall–Kier alpha value is -5.68. The van der Waals surface area contributed by atoms with E-state index in [1.54, 1.807) is 6.92 Å². The van der Waals surface area contributed by atoms with Gasteiger partial charge in [-0.25, -0.2) is 4.98 Å². The number of fused-ring (bicyclic) bond motifs is 4. The Morgan fingerprint density at radius 2 is 1.81 bits per heavy atom. The summed E-state index contributed by atoms with van der Waals surface area (Å²) in [6, 6.07) is 16.2. The highest BCUT2D eigenvalue weighted by Crippen LogP contribution is 2.42. The van der Waals surface area contributed by atoms with Gasteiger partial charge >= 0.3 is 0 Å². The molecule has 0 radical (unpaired) electrons. The van der Waals surface area contributed by atoms with Crippen LogP contribution in [0.25, 0.3) is 32.8 Å². The molecule has 7 heteroatoms. The number of carbonyl (C=O) groups is 2. The molecule has 3 aliphatic rings. The third-order valence-corrected chi connectivity index (χ3v) is 13.0. The first-order valence-corrected chi connectivity index (χ1v) is 22.5. The van der Waals surface area contributed by atoms with Crippen molar-refractivity contribution < 1.29 is 19.1 Å². The fourth-order valence-corrected chi connectivity index (χ4v) is 9.36. The summed E-state index contributed by atoms with van der Waals surface area (Å²) in [4.78, 5) is 37.6. The predicted octanol–water partition coefficient (Wildman–Crippen LogP) is 12.2. The van der Waals surface area contributed by atoms with Crippen LogP contribution in [0.1, 0.15) is 107 Å². The molecule has 1 saturated heterocycles. The number of hydrogen-bond donors (Lipinski definition) is 0. The number of allylic oxidation sites excluding steroid dienone is 7. The molecule has 3 unspecified atom stereocenters. The van der Waals surface area contributed by atoms with Crippen molar-refractivity contribution in [2.75, 3.05) is 26.2 Å². The number of piperidine rings is 1. The van der Waals surface area contributed by atoms with Crippen LogP contribution in [0, 0.1) is 11.8 Å². The van der Waals surface area contributed by atoms with Crippen molar-refractivity contribution in [2.24, 2.45) is 11.8 Å². The van der Waals surface area contributed by atoms with E-state index in [1.807, 2.05) is 43.6 Å². The highest BCUT2D eigenvalue weighted by Gasteiger charge is 2.37. The van der Waals surface area contributed by atoms with E-state index >= 15 is 0 Å². The minimum absolute atomic E-state index is 0.0726. The van der Waals surface area contributed by atoms with E-state index in [-0.39, 0.29) is 29.5 Å². The molecule has 0 bridgehead atoms. The van der Waals surface area contributed by atoms with E-state index in [1.165, 1.54) is 11.0 Å². The van der Waals surface area contributed by atoms with Crippen LogP contribution in [0.2, 0.25) is 0 Å². The maximum atomic E-state index is 13.9. The van der Waals surface area contributed by atoms with Gasteiger partial charge in [-0.1, -0.05) is 50.1 Å². The molecule has 1 aliphatic heterocycles. The van der Waals surface area contributed by atoms with Crippen molar-refractivity contribution in [3.05, 3.63) is 150 Å². The first-order valence-electron chi connectivity index (χ1n) is 22.5. The molecule has 7 nitrogen and oxygen atoms in total. The average Bonchev–Trinajstić information content (AvgIpc) is 3.77. The number of ether oxygens (including phenoxy) is 2. The van der Waals surface area contributed by atoms with Gasteiger partial charge in [0.2, 0.25) is 0 Å². The van der Waals surface area contributed by atoms with Crippen molar-refractivity contribution in [3.8, 4) is 5.75 Å². The zero-order valence-corrected chi connectivity index (χ0v) is 36.9. The molecule has 2 aromatic heterocycles. The largest absolute Gasteiger partial charge is 0.494 e. The lowest BCUT2D eigenvalue weighted by molar-refractivity contribution is -0.117. The van der Waals surface area contributed by atoms with Gasteiger partial charge in [-0.05, 0) is 167 Å². The van der Waals surface area contributed by atoms with Gasteiger partial charge < -0.3 is 19.2 Å². The molecular formula is C55H61N3O4. The van der Waals surface area contributed by atoms with E-state index in [9.17, 15) is 9.59 Å². The monoisotopic (exact) mass is 827 g/mol. The molecule has 2 aromatic carbocycles. The molecule has 3 heterocycles. The molecular weight excluding hydrogens is 767 g/mol. The maximum absolute atomic E-state index is 13.9. The van der Waals surface area contributed by atoms with Gasteiger partial charge in [0.1, 0.15) is 11.5 Å². The second-order valence-electron chi connectivity index (χ2n) is 17.2. The van der Waals surface area contributed by atoms with Gasteiger partial charge in [-0.3, -0.25) is 9.78 Å². The van der Waals surface area contributed by atoms with Crippen LogP contribution in [0.3, 0.4) is 0 Å². The number of ketones is 2. The lowest BCUT2D eigenvalue weighted by Crippen LogP contribution is -2.38. The summed E-state index contributed by atoms with van der Waals surface area (Å²) in [5, 5.41) is 3.39. The van der Waals surface area contributed by atoms with E-state index in [2.05, 4.69) is 96.6 Å². The quantitative estimate of drug-likeness (QED) is 0.0427. The van der Waals surface area contributed by atoms with Gasteiger partial charge in [-0.15, -0.1) is 11.5 Å². The molecule has 3 atom stereocenters. The Bertz CT molecular complexity index is 2520. The van der Waals surface area contributed by atoms with Crippen LogP contribution in [0.4, 0.5) is 0 Å². The number of aromatic nitrogens is 2. The number of nitrogens with zero attached hydrogens (tertiary/aromatic N) is 3. The van der Waals surface area contributed by atoms with Crippen molar-refractivity contribution in [3.63, 3.8) is 0 Å². The van der Waals surface area contributed by atoms with E-state index in [4.69, 9.17) is 14.5 Å². The number of unbranched alkanes of at least 4 members (excludes halogenated alkanes) is 2. The van der Waals surface area contributed by atoms with Crippen molar-refractivity contribution in [2.45, 2.75) is 97.2 Å². The highest BCUT2D eigenvalue weighted by atomic mass is 16.5. The van der Waals surface area contributed by atoms with Gasteiger partial charge in [0.05, 0.1) is 30.0 Å². The molecule has 7 rings (SSSR count). The van der Waals surface area contributed by atoms with Gasteiger partial charge in [-0.2, -0.15) is 0 Å². The summed E-state index contributed by atoms with van der Waals surface area (Å²) in [5.74, 6) is 0.472. The number of pyridine rings is 2. The minimum atomic E-state index is -0.308. The standard InChI is InChI=1S/C55H61N3O4/c1-7-37(4)47(20-14-39(6)59)50-34-41(9-3)48-21-19-45(35-51(48)55(50)60)61-32-12-10-11-29-58-30-26-44(27-31-58)62-46-18-16-43(33-46)38(5)13-15-40(8-2)53-24-22-49-52-36-56-28-25-42(52)17-23-54(49)57-53/h8,13,15-17,19,21-25,28,35-36,44,46-47,50H,1,3,5,10-12,14,18,20,26-27,29-34H2,2,4,6H3/b15-13-,40-8+. The number of hydrogen-bond acceptors (Lipinski definition) is 7. The Labute approximate surface area is 368 Å². The van der Waals surface area contributed by atoms with Crippen molar-refractivity contribution in [1.29, 1.82) is 0 Å². The maximum Gasteiger partial charge on any atom is 0.167 e. The third-order valence-electron chi connectivity index (χ3n) is 13.0. The van der Waals surface area contributed by atoms with Crippen molar-refractivity contribution >= 4 is 44.4 Å². The summed E-state index contributed by atoms with van der Waals surface area (Å²) < 4.78 is 12.8. The minimum Gasteiger partial charge on any atom is -0.494 e. The second-order valence-corrected chi connectivity index (χ2v) is 17.2. The summed E-state index contributed by atoms with van der Waals surface area (Å²) in [6.45, 7) is 21.6. The number of benzene rings is 2. The topological polar surface area (TPSA) is 81.6 Å². The molecule has 0 spiro atoms. The smallest absolute Gasteiger partial charge is 0.167 e. The zero-order chi connectivity index (χ0) is 43.6. The second kappa shape index (κ2) is 20.9. The fraction of sp³-hybridized carbons (Fsp3) is 0.382. The van der Waals surface area contributed by atoms with E-state index in [0.717, 1.165) is 114 Å². The first-order chi connectivity index (χ1) is 30.1. The summed E-state index contributed by atoms with van der Waals surface area (Å²) >= 11 is 0. The van der Waals surface area contributed by atoms with Crippen LogP contribution in [-0.4, -0.2) is 64.9 Å². The van der Waals surface area contributed by atoms with Crippen LogP contribution >= 0.6 is 0 Å². The Balaban J connectivity index is 0.803. The Morgan fingerprint density at radius 1 is 0.968 bits per heavy atom. The SMILES string of the molecule is C=C=C1CC(C(CCC(C)=O)C(C)=C=C)C(=O)c2cc(OCCCCCN3CCC(OC4CC=C(C(=C)/C=C\C(=C/C)c5ccc6c(ccc7ccncc76)n5)C4)CC3)ccc21. The fourth-order valence-electron chi connectivity index (χ4n) is 9.36. The molecule has 4 aromatic rings. The predicted molar refractivity (Wildman–Crippen MR) is 253 cm³/mol. The van der Waals surface area contributed by atoms with Crippen LogP contribution in [-0.2, 0) is 9.53 Å². The summed E-state index contributed by atoms with van der Waals surface area (Å²) in [7, 11) is 0. The van der Waals surface area contributed by atoms with Gasteiger partial charge in [0.15, 0.2) is 5.78 Å². The summed E-state index contributed by atoms with van der Waals surface area (Å²) in [6.07, 6.45) is 21.6.